The lowest BCUT2D eigenvalue weighted by Crippen LogP contribution is -2.30. The number of Topliss-reactive ketones (excluding diaryl/α,β-unsaturated/α-hetero) is 1. The van der Waals surface area contributed by atoms with Gasteiger partial charge >= 0.3 is 0 Å². The van der Waals surface area contributed by atoms with Gasteiger partial charge in [-0.05, 0) is 24.6 Å². The highest BCUT2D eigenvalue weighted by Crippen LogP contribution is 2.43. The van der Waals surface area contributed by atoms with Crippen molar-refractivity contribution in [1.29, 1.82) is 0 Å². The fourth-order valence-electron chi connectivity index (χ4n) is 3.48. The molecule has 0 radical (unpaired) electrons. The van der Waals surface area contributed by atoms with E-state index in [9.17, 15) is 14.7 Å². The molecule has 6 heteroatoms. The molecule has 0 bridgehead atoms. The quantitative estimate of drug-likeness (QED) is 0.471. The molecule has 1 aliphatic rings. The van der Waals surface area contributed by atoms with E-state index in [2.05, 4.69) is 0 Å². The molecule has 1 fully saturated rings. The van der Waals surface area contributed by atoms with E-state index in [4.69, 9.17) is 9.47 Å². The molecule has 3 rings (SSSR count). The van der Waals surface area contributed by atoms with Crippen molar-refractivity contribution in [3.05, 3.63) is 65.2 Å². The summed E-state index contributed by atoms with van der Waals surface area (Å²) in [5.74, 6) is -0.461. The minimum atomic E-state index is -0.759. The molecule has 1 aliphatic heterocycles. The molecular weight excluding hydrogens is 358 g/mol. The summed E-state index contributed by atoms with van der Waals surface area (Å²) < 4.78 is 10.8. The third-order valence-corrected chi connectivity index (χ3v) is 4.78. The average molecular weight is 381 g/mol. The Hall–Kier alpha value is -3.28. The van der Waals surface area contributed by atoms with Gasteiger partial charge in [0.2, 0.25) is 0 Å². The van der Waals surface area contributed by atoms with E-state index in [-0.39, 0.29) is 11.3 Å². The number of nitrogens with zero attached hydrogens (tertiary/aromatic N) is 1. The second kappa shape index (κ2) is 8.17. The number of ketones is 1. The summed E-state index contributed by atoms with van der Waals surface area (Å²) in [7, 11) is 3.06. The van der Waals surface area contributed by atoms with E-state index in [1.165, 1.54) is 12.0 Å². The van der Waals surface area contributed by atoms with Crippen molar-refractivity contribution in [2.75, 3.05) is 20.8 Å². The zero-order chi connectivity index (χ0) is 20.3. The highest BCUT2D eigenvalue weighted by atomic mass is 16.5. The lowest BCUT2D eigenvalue weighted by molar-refractivity contribution is -0.139. The molecule has 0 aromatic heterocycles. The second-order valence-electron chi connectivity index (χ2n) is 6.47. The van der Waals surface area contributed by atoms with Crippen molar-refractivity contribution in [2.24, 2.45) is 0 Å². The normalized spacial score (nSPS) is 18.4. The predicted octanol–water partition coefficient (Wildman–Crippen LogP) is 3.54. The third-order valence-electron chi connectivity index (χ3n) is 4.78. The molecule has 1 amide bonds. The van der Waals surface area contributed by atoms with Crippen molar-refractivity contribution in [3.8, 4) is 11.5 Å². The van der Waals surface area contributed by atoms with Gasteiger partial charge in [-0.2, -0.15) is 0 Å². The van der Waals surface area contributed by atoms with Crippen molar-refractivity contribution >= 4 is 17.4 Å². The van der Waals surface area contributed by atoms with E-state index in [0.29, 0.717) is 35.6 Å². The monoisotopic (exact) mass is 381 g/mol. The summed E-state index contributed by atoms with van der Waals surface area (Å²) in [5, 5.41) is 10.9. The van der Waals surface area contributed by atoms with Crippen molar-refractivity contribution in [3.63, 3.8) is 0 Å². The number of ether oxygens (including phenoxy) is 2. The number of hydrogen-bond acceptors (Lipinski definition) is 5. The van der Waals surface area contributed by atoms with Crippen molar-refractivity contribution < 1.29 is 24.2 Å². The minimum absolute atomic E-state index is 0.0520. The van der Waals surface area contributed by atoms with Crippen LogP contribution >= 0.6 is 0 Å². The molecule has 1 saturated heterocycles. The average Bonchev–Trinajstić information content (AvgIpc) is 2.98. The van der Waals surface area contributed by atoms with Crippen LogP contribution in [0.3, 0.4) is 0 Å². The smallest absolute Gasteiger partial charge is 0.295 e. The number of hydrogen-bond donors (Lipinski definition) is 1. The van der Waals surface area contributed by atoms with E-state index in [1.807, 2.05) is 13.0 Å². The van der Waals surface area contributed by atoms with Crippen LogP contribution in [0.1, 0.15) is 30.5 Å². The fraction of sp³-hybridized carbons (Fsp3) is 0.273. The topological polar surface area (TPSA) is 76.1 Å². The van der Waals surface area contributed by atoms with E-state index >= 15 is 0 Å². The van der Waals surface area contributed by atoms with Crippen LogP contribution in [0.15, 0.2) is 54.1 Å². The Bertz CT molecular complexity index is 920. The Labute approximate surface area is 164 Å². The van der Waals surface area contributed by atoms with E-state index < -0.39 is 17.7 Å². The predicted molar refractivity (Wildman–Crippen MR) is 105 cm³/mol. The highest BCUT2D eigenvalue weighted by Gasteiger charge is 2.46. The second-order valence-corrected chi connectivity index (χ2v) is 6.47. The molecule has 0 aliphatic carbocycles. The number of benzene rings is 2. The highest BCUT2D eigenvalue weighted by molar-refractivity contribution is 6.46. The van der Waals surface area contributed by atoms with Gasteiger partial charge in [-0.3, -0.25) is 9.59 Å². The summed E-state index contributed by atoms with van der Waals surface area (Å²) in [6, 6.07) is 13.2. The molecule has 146 valence electrons. The van der Waals surface area contributed by atoms with Crippen molar-refractivity contribution in [1.82, 2.24) is 4.90 Å². The van der Waals surface area contributed by atoms with Gasteiger partial charge in [0.05, 0.1) is 25.8 Å². The van der Waals surface area contributed by atoms with Gasteiger partial charge in [0.15, 0.2) is 0 Å². The molecule has 1 unspecified atom stereocenters. The lowest BCUT2D eigenvalue weighted by atomic mass is 9.94. The molecular formula is C22H23NO5. The van der Waals surface area contributed by atoms with E-state index in [1.54, 1.807) is 49.6 Å². The molecule has 2 aromatic carbocycles. The van der Waals surface area contributed by atoms with Crippen molar-refractivity contribution in [2.45, 2.75) is 19.4 Å². The number of carbonyl (C=O) groups excluding carboxylic acids is 2. The molecule has 1 atom stereocenters. The zero-order valence-corrected chi connectivity index (χ0v) is 16.1. The van der Waals surface area contributed by atoms with Crippen LogP contribution in [0.2, 0.25) is 0 Å². The van der Waals surface area contributed by atoms with Gasteiger partial charge in [0.25, 0.3) is 11.7 Å². The molecule has 2 aromatic rings. The summed E-state index contributed by atoms with van der Waals surface area (Å²) in [6.45, 7) is 2.30. The van der Waals surface area contributed by atoms with Crippen LogP contribution in [0.5, 0.6) is 11.5 Å². The number of amides is 1. The fourth-order valence-corrected chi connectivity index (χ4v) is 3.48. The lowest BCUT2D eigenvalue weighted by Gasteiger charge is -2.26. The van der Waals surface area contributed by atoms with Gasteiger partial charge < -0.3 is 19.5 Å². The minimum Gasteiger partial charge on any atom is -0.507 e. The summed E-state index contributed by atoms with van der Waals surface area (Å²) in [5.41, 5.74) is 1.12. The molecule has 0 spiro atoms. The van der Waals surface area contributed by atoms with Gasteiger partial charge in [-0.1, -0.05) is 37.3 Å². The summed E-state index contributed by atoms with van der Waals surface area (Å²) >= 11 is 0. The Balaban J connectivity index is 2.26. The maximum absolute atomic E-state index is 12.9. The first-order chi connectivity index (χ1) is 13.5. The number of carbonyl (C=O) groups is 2. The molecule has 28 heavy (non-hydrogen) atoms. The van der Waals surface area contributed by atoms with Gasteiger partial charge in [0, 0.05) is 17.7 Å². The summed E-state index contributed by atoms with van der Waals surface area (Å²) in [4.78, 5) is 27.1. The molecule has 0 saturated carbocycles. The van der Waals surface area contributed by atoms with Gasteiger partial charge in [0.1, 0.15) is 17.3 Å². The van der Waals surface area contributed by atoms with Gasteiger partial charge in [-0.15, -0.1) is 0 Å². The van der Waals surface area contributed by atoms with Crippen LogP contribution in [-0.4, -0.2) is 42.5 Å². The molecule has 1 heterocycles. The third kappa shape index (κ3) is 3.33. The van der Waals surface area contributed by atoms with Gasteiger partial charge in [-0.25, -0.2) is 0 Å². The Morgan fingerprint density at radius 3 is 2.39 bits per heavy atom. The van der Waals surface area contributed by atoms with Crippen LogP contribution < -0.4 is 9.47 Å². The van der Waals surface area contributed by atoms with Crippen LogP contribution in [0.4, 0.5) is 0 Å². The standard InChI is InChI=1S/C22H23NO5/c1-4-12-23-19(16-13-15(27-2)10-11-17(16)28-3)18(21(25)22(23)26)20(24)14-8-6-5-7-9-14/h5-11,13,19,24H,4,12H2,1-3H3/b20-18+. The maximum atomic E-state index is 12.9. The Morgan fingerprint density at radius 2 is 1.79 bits per heavy atom. The number of methoxy groups -OCH3 is 2. The SMILES string of the molecule is CCCN1C(=O)C(=O)/C(=C(/O)c2ccccc2)C1c1cc(OC)ccc1OC. The first-order valence-corrected chi connectivity index (χ1v) is 9.09. The number of likely N-dealkylation sites (tertiary alicyclic amines) is 1. The van der Waals surface area contributed by atoms with Crippen LogP contribution in [0, 0.1) is 0 Å². The molecule has 6 nitrogen and oxygen atoms in total. The van der Waals surface area contributed by atoms with E-state index in [0.717, 1.165) is 0 Å². The summed E-state index contributed by atoms with van der Waals surface area (Å²) in [6.07, 6.45) is 0.668. The molecule has 1 N–H and O–H groups in total. The maximum Gasteiger partial charge on any atom is 0.295 e. The number of rotatable bonds is 6. The first kappa shape index (κ1) is 19.5. The number of aliphatic hydroxyl groups is 1. The van der Waals surface area contributed by atoms with Crippen LogP contribution in [-0.2, 0) is 9.59 Å². The Morgan fingerprint density at radius 1 is 1.07 bits per heavy atom. The number of aliphatic hydroxyl groups excluding tert-OH is 1. The zero-order valence-electron chi connectivity index (χ0n) is 16.1. The Kier molecular flexibility index (Phi) is 5.68. The van der Waals surface area contributed by atoms with Crippen LogP contribution in [0.25, 0.3) is 5.76 Å². The first-order valence-electron chi connectivity index (χ1n) is 9.09. The largest absolute Gasteiger partial charge is 0.507 e.